The largest absolute Gasteiger partial charge is 0.573 e. The summed E-state index contributed by atoms with van der Waals surface area (Å²) in [6.07, 6.45) is -0.0364. The number of ether oxygens (including phenoxy) is 1. The third-order valence-corrected chi connectivity index (χ3v) is 1.83. The quantitative estimate of drug-likeness (QED) is 0.900. The van der Waals surface area contributed by atoms with Crippen molar-refractivity contribution in [1.29, 1.82) is 0 Å². The minimum atomic E-state index is -4.69. The van der Waals surface area contributed by atoms with Crippen molar-refractivity contribution in [2.45, 2.75) is 6.36 Å². The monoisotopic (exact) mass is 243 g/mol. The molecule has 0 radical (unpaired) electrons. The molecule has 0 amide bonds. The van der Waals surface area contributed by atoms with E-state index in [0.717, 1.165) is 0 Å². The molecule has 0 spiro atoms. The van der Waals surface area contributed by atoms with E-state index in [9.17, 15) is 13.2 Å². The van der Waals surface area contributed by atoms with Crippen molar-refractivity contribution in [3.63, 3.8) is 0 Å². The van der Waals surface area contributed by atoms with Crippen molar-refractivity contribution in [2.75, 3.05) is 5.43 Å². The van der Waals surface area contributed by atoms with Gasteiger partial charge in [-0.15, -0.1) is 13.2 Å². The summed E-state index contributed by atoms with van der Waals surface area (Å²) in [7, 11) is 0. The SMILES string of the molecule is FC(F)(F)Oc1cccc(Nn2ccnc2)c1. The number of imidazole rings is 1. The molecule has 0 fully saturated rings. The molecule has 4 nitrogen and oxygen atoms in total. The summed E-state index contributed by atoms with van der Waals surface area (Å²) in [5.41, 5.74) is 3.28. The third-order valence-electron chi connectivity index (χ3n) is 1.83. The number of anilines is 1. The summed E-state index contributed by atoms with van der Waals surface area (Å²) in [5, 5.41) is 0. The molecule has 0 saturated carbocycles. The average molecular weight is 243 g/mol. The topological polar surface area (TPSA) is 39.1 Å². The van der Waals surface area contributed by atoms with Crippen LogP contribution in [0.5, 0.6) is 5.75 Å². The second-order valence-corrected chi connectivity index (χ2v) is 3.16. The minimum absolute atomic E-state index is 0.275. The maximum absolute atomic E-state index is 12.0. The van der Waals surface area contributed by atoms with Crippen molar-refractivity contribution in [1.82, 2.24) is 9.66 Å². The number of alkyl halides is 3. The minimum Gasteiger partial charge on any atom is -0.406 e. The fourth-order valence-electron chi connectivity index (χ4n) is 1.24. The summed E-state index contributed by atoms with van der Waals surface area (Å²) < 4.78 is 41.3. The van der Waals surface area contributed by atoms with Gasteiger partial charge in [0.15, 0.2) is 0 Å². The highest BCUT2D eigenvalue weighted by Gasteiger charge is 2.31. The molecule has 1 N–H and O–H groups in total. The Morgan fingerprint density at radius 2 is 2.12 bits per heavy atom. The van der Waals surface area contributed by atoms with Gasteiger partial charge in [-0.05, 0) is 12.1 Å². The van der Waals surface area contributed by atoms with Crippen LogP contribution in [0.3, 0.4) is 0 Å². The van der Waals surface area contributed by atoms with Crippen molar-refractivity contribution in [3.05, 3.63) is 43.0 Å². The number of halogens is 3. The third kappa shape index (κ3) is 3.40. The zero-order valence-electron chi connectivity index (χ0n) is 8.48. The molecule has 0 bridgehead atoms. The van der Waals surface area contributed by atoms with E-state index in [-0.39, 0.29) is 5.75 Å². The van der Waals surface area contributed by atoms with Crippen LogP contribution < -0.4 is 10.2 Å². The first-order valence-corrected chi connectivity index (χ1v) is 4.64. The van der Waals surface area contributed by atoms with E-state index < -0.39 is 6.36 Å². The molecule has 1 aromatic heterocycles. The summed E-state index contributed by atoms with van der Waals surface area (Å²) in [4.78, 5) is 3.79. The van der Waals surface area contributed by atoms with Crippen LogP contribution in [0.2, 0.25) is 0 Å². The summed E-state index contributed by atoms with van der Waals surface area (Å²) in [5.74, 6) is -0.275. The van der Waals surface area contributed by atoms with Crippen molar-refractivity contribution >= 4 is 5.69 Å². The Kier molecular flexibility index (Phi) is 2.90. The second-order valence-electron chi connectivity index (χ2n) is 3.16. The van der Waals surface area contributed by atoms with Gasteiger partial charge in [-0.25, -0.2) is 4.98 Å². The maximum Gasteiger partial charge on any atom is 0.573 e. The molecule has 0 aliphatic heterocycles. The Balaban J connectivity index is 2.12. The molecule has 1 heterocycles. The standard InChI is InChI=1S/C10H8F3N3O/c11-10(12,13)17-9-3-1-2-8(6-9)15-16-5-4-14-7-16/h1-7,15H. The number of nitrogens with one attached hydrogen (secondary N) is 1. The number of benzene rings is 1. The van der Waals surface area contributed by atoms with Crippen LogP contribution in [0.1, 0.15) is 0 Å². The van der Waals surface area contributed by atoms with Crippen LogP contribution in [0.4, 0.5) is 18.9 Å². The molecule has 2 rings (SSSR count). The molecule has 0 unspecified atom stereocenters. The molecule has 7 heteroatoms. The van der Waals surface area contributed by atoms with Crippen LogP contribution in [0, 0.1) is 0 Å². The lowest BCUT2D eigenvalue weighted by atomic mass is 10.3. The fourth-order valence-corrected chi connectivity index (χ4v) is 1.24. The molecule has 90 valence electrons. The Hall–Kier alpha value is -2.18. The molecule has 2 aromatic rings. The van der Waals surface area contributed by atoms with E-state index in [1.54, 1.807) is 18.5 Å². The Labute approximate surface area is 94.6 Å². The lowest BCUT2D eigenvalue weighted by molar-refractivity contribution is -0.274. The lowest BCUT2D eigenvalue weighted by Gasteiger charge is -2.11. The van der Waals surface area contributed by atoms with E-state index >= 15 is 0 Å². The van der Waals surface area contributed by atoms with Gasteiger partial charge in [0.25, 0.3) is 0 Å². The maximum atomic E-state index is 12.0. The van der Waals surface area contributed by atoms with Gasteiger partial charge in [0.05, 0.1) is 5.69 Å². The van der Waals surface area contributed by atoms with Gasteiger partial charge >= 0.3 is 6.36 Å². The van der Waals surface area contributed by atoms with E-state index in [4.69, 9.17) is 0 Å². The van der Waals surface area contributed by atoms with Gasteiger partial charge in [-0.2, -0.15) is 0 Å². The van der Waals surface area contributed by atoms with Crippen molar-refractivity contribution < 1.29 is 17.9 Å². The number of nitrogens with zero attached hydrogens (tertiary/aromatic N) is 2. The Bertz CT molecular complexity index is 482. The van der Waals surface area contributed by atoms with Gasteiger partial charge in [0.2, 0.25) is 0 Å². The molecule has 0 aliphatic carbocycles. The lowest BCUT2D eigenvalue weighted by Crippen LogP contribution is -2.17. The van der Waals surface area contributed by atoms with Crippen molar-refractivity contribution in [2.24, 2.45) is 0 Å². The Morgan fingerprint density at radius 1 is 1.29 bits per heavy atom. The highest BCUT2D eigenvalue weighted by molar-refractivity contribution is 5.47. The molecule has 17 heavy (non-hydrogen) atoms. The predicted octanol–water partition coefficient (Wildman–Crippen LogP) is 2.66. The van der Waals surface area contributed by atoms with Gasteiger partial charge in [-0.3, -0.25) is 10.1 Å². The first-order valence-electron chi connectivity index (χ1n) is 4.64. The van der Waals surface area contributed by atoms with Crippen LogP contribution in [0.25, 0.3) is 0 Å². The summed E-state index contributed by atoms with van der Waals surface area (Å²) >= 11 is 0. The van der Waals surface area contributed by atoms with Gasteiger partial charge in [-0.1, -0.05) is 6.07 Å². The fraction of sp³-hybridized carbons (Fsp3) is 0.100. The zero-order valence-corrected chi connectivity index (χ0v) is 8.48. The molecular weight excluding hydrogens is 235 g/mol. The van der Waals surface area contributed by atoms with Crippen LogP contribution in [-0.4, -0.2) is 16.0 Å². The van der Waals surface area contributed by atoms with E-state index in [1.807, 2.05) is 0 Å². The molecule has 1 aromatic carbocycles. The zero-order chi connectivity index (χ0) is 12.3. The van der Waals surface area contributed by atoms with E-state index in [1.165, 1.54) is 29.2 Å². The van der Waals surface area contributed by atoms with Crippen LogP contribution in [0.15, 0.2) is 43.0 Å². The molecule has 0 aliphatic rings. The average Bonchev–Trinajstić information content (AvgIpc) is 2.68. The number of aromatic nitrogens is 2. The highest BCUT2D eigenvalue weighted by atomic mass is 19.4. The van der Waals surface area contributed by atoms with Crippen molar-refractivity contribution in [3.8, 4) is 5.75 Å². The van der Waals surface area contributed by atoms with Gasteiger partial charge < -0.3 is 4.74 Å². The number of rotatable bonds is 3. The van der Waals surface area contributed by atoms with Crippen LogP contribution >= 0.6 is 0 Å². The smallest absolute Gasteiger partial charge is 0.406 e. The van der Waals surface area contributed by atoms with Gasteiger partial charge in [0, 0.05) is 18.5 Å². The van der Waals surface area contributed by atoms with E-state index in [2.05, 4.69) is 15.1 Å². The van der Waals surface area contributed by atoms with Crippen LogP contribution in [-0.2, 0) is 0 Å². The first kappa shape index (κ1) is 11.3. The normalized spacial score (nSPS) is 11.2. The highest BCUT2D eigenvalue weighted by Crippen LogP contribution is 2.24. The molecular formula is C10H8F3N3O. The number of hydrogen-bond donors (Lipinski definition) is 1. The summed E-state index contributed by atoms with van der Waals surface area (Å²) in [6.45, 7) is 0. The summed E-state index contributed by atoms with van der Waals surface area (Å²) in [6, 6.07) is 5.55. The van der Waals surface area contributed by atoms with E-state index in [0.29, 0.717) is 5.69 Å². The second kappa shape index (κ2) is 4.36. The predicted molar refractivity (Wildman–Crippen MR) is 54.4 cm³/mol. The Morgan fingerprint density at radius 3 is 2.76 bits per heavy atom. The molecule has 0 atom stereocenters. The number of hydrogen-bond acceptors (Lipinski definition) is 3. The van der Waals surface area contributed by atoms with Gasteiger partial charge in [0.1, 0.15) is 12.1 Å². The molecule has 0 saturated heterocycles. The first-order chi connectivity index (χ1) is 8.03.